The summed E-state index contributed by atoms with van der Waals surface area (Å²) in [7, 11) is 0. The number of hydrogen-bond acceptors (Lipinski definition) is 5. The van der Waals surface area contributed by atoms with E-state index in [0.29, 0.717) is 5.82 Å². The van der Waals surface area contributed by atoms with Crippen molar-refractivity contribution in [3.63, 3.8) is 0 Å². The van der Waals surface area contributed by atoms with Crippen LogP contribution >= 0.6 is 11.3 Å². The molecule has 0 atom stereocenters. The molecule has 0 bridgehead atoms. The minimum Gasteiger partial charge on any atom is -0.512 e. The first kappa shape index (κ1) is 38.0. The van der Waals surface area contributed by atoms with Gasteiger partial charge in [-0.25, -0.2) is 0 Å². The fraction of sp³-hybridized carbons (Fsp3) is 0.341. The molecule has 4 nitrogen and oxygen atoms in total. The van der Waals surface area contributed by atoms with Crippen molar-refractivity contribution in [2.75, 3.05) is 0 Å². The summed E-state index contributed by atoms with van der Waals surface area (Å²) in [5, 5.41) is 12.1. The van der Waals surface area contributed by atoms with Gasteiger partial charge in [0.1, 0.15) is 0 Å². The molecule has 2 aromatic heterocycles. The fourth-order valence-electron chi connectivity index (χ4n) is 5.61. The van der Waals surface area contributed by atoms with E-state index >= 15 is 0 Å². The molecule has 0 spiro atoms. The summed E-state index contributed by atoms with van der Waals surface area (Å²) in [5.41, 5.74) is 4.40. The molecule has 47 heavy (non-hydrogen) atoms. The quantitative estimate of drug-likeness (QED) is 0.0866. The Morgan fingerprint density at radius 2 is 1.47 bits per heavy atom. The molecule has 1 radical (unpaired) electrons. The van der Waals surface area contributed by atoms with Gasteiger partial charge in [-0.05, 0) is 54.9 Å². The molecule has 0 aliphatic heterocycles. The maximum atomic E-state index is 11.7. The Kier molecular flexibility index (Phi) is 14.3. The Morgan fingerprint density at radius 1 is 0.851 bits per heavy atom. The molecule has 0 unspecified atom stereocenters. The predicted molar refractivity (Wildman–Crippen MR) is 195 cm³/mol. The average Bonchev–Trinajstić information content (AvgIpc) is 3.56. The summed E-state index contributed by atoms with van der Waals surface area (Å²) >= 11 is 1.75. The van der Waals surface area contributed by atoms with Crippen LogP contribution in [0.5, 0.6) is 0 Å². The van der Waals surface area contributed by atoms with E-state index in [4.69, 9.17) is 4.98 Å². The van der Waals surface area contributed by atoms with Gasteiger partial charge in [-0.2, -0.15) is 0 Å². The van der Waals surface area contributed by atoms with E-state index in [2.05, 4.69) is 98.6 Å². The molecular weight excluding hydrogens is 777 g/mol. The molecule has 1 N–H and O–H groups in total. The summed E-state index contributed by atoms with van der Waals surface area (Å²) < 4.78 is 0. The van der Waals surface area contributed by atoms with Gasteiger partial charge in [0, 0.05) is 49.1 Å². The number of aliphatic hydroxyl groups excluding tert-OH is 1. The van der Waals surface area contributed by atoms with Crippen molar-refractivity contribution >= 4 is 27.9 Å². The first-order valence-electron chi connectivity index (χ1n) is 16.5. The fourth-order valence-corrected chi connectivity index (χ4v) is 6.59. The molecule has 0 amide bonds. The van der Waals surface area contributed by atoms with E-state index in [0.717, 1.165) is 47.2 Å². The van der Waals surface area contributed by atoms with Crippen LogP contribution in [-0.4, -0.2) is 20.9 Å². The Bertz CT molecular complexity index is 1760. The Balaban J connectivity index is 0.000000322. The second kappa shape index (κ2) is 17.6. The average molecular weight is 824 g/mol. The summed E-state index contributed by atoms with van der Waals surface area (Å²) in [5.74, 6) is 1.26. The van der Waals surface area contributed by atoms with Crippen molar-refractivity contribution in [3.8, 4) is 32.4 Å². The summed E-state index contributed by atoms with van der Waals surface area (Å²) in [6.45, 7) is 14.8. The normalized spacial score (nSPS) is 11.7. The smallest absolute Gasteiger partial charge is 0.162 e. The maximum absolute atomic E-state index is 11.7. The third-order valence-electron chi connectivity index (χ3n) is 8.48. The second-order valence-electron chi connectivity index (χ2n) is 12.7. The van der Waals surface area contributed by atoms with Crippen LogP contribution < -0.4 is 0 Å². The number of rotatable bonds is 10. The van der Waals surface area contributed by atoms with Gasteiger partial charge >= 0.3 is 0 Å². The molecule has 6 heteroatoms. The largest absolute Gasteiger partial charge is 0.512 e. The maximum Gasteiger partial charge on any atom is 0.162 e. The van der Waals surface area contributed by atoms with Crippen LogP contribution in [0.4, 0.5) is 0 Å². The minimum absolute atomic E-state index is 0. The summed E-state index contributed by atoms with van der Waals surface area (Å²) in [4.78, 5) is 23.6. The molecule has 5 aromatic rings. The van der Waals surface area contributed by atoms with Crippen molar-refractivity contribution in [2.24, 2.45) is 11.8 Å². The van der Waals surface area contributed by atoms with Gasteiger partial charge < -0.3 is 5.11 Å². The standard InChI is InChI=1S/C28H23N2S.C13H24O2.Ir/c1-28(2,3)23-18-21(17-20-11-7-8-12-22(20)23)27-29-16-15-24(30-27)26-14-13-25(31-26)19-9-5-4-6-10-19;1-5-10(6-2)12(14)9-13(15)11(7-3)8-4;/h4-16,18H,1-3H3;9-11,14H,5-8H2,1-4H3;/q-1;;/b;12-9-;. The molecule has 0 saturated carbocycles. The number of carbonyl (C=O) groups excluding carboxylic acids is 1. The van der Waals surface area contributed by atoms with E-state index in [1.807, 2.05) is 46.0 Å². The number of aromatic nitrogens is 2. The molecule has 0 fully saturated rings. The Labute approximate surface area is 298 Å². The zero-order valence-corrected chi connectivity index (χ0v) is 31.8. The van der Waals surface area contributed by atoms with E-state index in [1.54, 1.807) is 11.3 Å². The monoisotopic (exact) mass is 824 g/mol. The minimum atomic E-state index is 0. The number of allylic oxidation sites excluding steroid dienone is 2. The van der Waals surface area contributed by atoms with Crippen molar-refractivity contribution in [1.29, 1.82) is 0 Å². The van der Waals surface area contributed by atoms with Crippen molar-refractivity contribution < 1.29 is 30.0 Å². The topological polar surface area (TPSA) is 63.1 Å². The van der Waals surface area contributed by atoms with Crippen LogP contribution in [-0.2, 0) is 30.3 Å². The zero-order valence-electron chi connectivity index (χ0n) is 28.6. The van der Waals surface area contributed by atoms with E-state index in [9.17, 15) is 9.90 Å². The zero-order chi connectivity index (χ0) is 33.3. The number of benzene rings is 3. The number of nitrogens with zero attached hydrogens (tertiary/aromatic N) is 2. The summed E-state index contributed by atoms with van der Waals surface area (Å²) in [6, 6.07) is 30.9. The molecule has 0 saturated heterocycles. The van der Waals surface area contributed by atoms with Gasteiger partial charge in [-0.3, -0.25) is 14.8 Å². The second-order valence-corrected chi connectivity index (χ2v) is 13.8. The van der Waals surface area contributed by atoms with Crippen LogP contribution in [0.1, 0.15) is 79.7 Å². The molecule has 249 valence electrons. The Morgan fingerprint density at radius 3 is 2.11 bits per heavy atom. The van der Waals surface area contributed by atoms with Gasteiger partial charge in [0.25, 0.3) is 0 Å². The van der Waals surface area contributed by atoms with E-state index in [1.165, 1.54) is 27.5 Å². The van der Waals surface area contributed by atoms with Gasteiger partial charge in [-0.15, -0.1) is 40.5 Å². The van der Waals surface area contributed by atoms with Gasteiger partial charge in [0.05, 0.1) is 22.2 Å². The number of fused-ring (bicyclic) bond motifs is 1. The SMILES string of the molecule is CC(C)(C)c1cc(-c2nccc(-c3ccc(-c4ccccc4)s3)n2)[c-]c2ccccc12.CCC(CC)C(=O)/C=C(\O)C(CC)CC.[Ir]. The molecule has 5 rings (SSSR count). The third kappa shape index (κ3) is 9.79. The van der Waals surface area contributed by atoms with E-state index < -0.39 is 0 Å². The first-order chi connectivity index (χ1) is 22.1. The van der Waals surface area contributed by atoms with Crippen LogP contribution in [0, 0.1) is 17.9 Å². The van der Waals surface area contributed by atoms with Gasteiger partial charge in [0.15, 0.2) is 5.78 Å². The van der Waals surface area contributed by atoms with Crippen molar-refractivity contribution in [2.45, 2.75) is 79.6 Å². The number of hydrogen-bond donors (Lipinski definition) is 1. The third-order valence-corrected chi connectivity index (χ3v) is 9.64. The summed E-state index contributed by atoms with van der Waals surface area (Å²) in [6.07, 6.45) is 6.75. The van der Waals surface area contributed by atoms with E-state index in [-0.39, 0.29) is 48.9 Å². The molecule has 2 heterocycles. The van der Waals surface area contributed by atoms with Crippen molar-refractivity contribution in [1.82, 2.24) is 9.97 Å². The molecule has 0 aliphatic rings. The number of ketones is 1. The molecule has 0 aliphatic carbocycles. The predicted octanol–water partition coefficient (Wildman–Crippen LogP) is 11.7. The molecule has 3 aromatic carbocycles. The number of aliphatic hydroxyl groups is 1. The van der Waals surface area contributed by atoms with Crippen LogP contribution in [0.3, 0.4) is 0 Å². The van der Waals surface area contributed by atoms with Gasteiger partial charge in [0.2, 0.25) is 0 Å². The van der Waals surface area contributed by atoms with Gasteiger partial charge in [-0.1, -0.05) is 108 Å². The first-order valence-corrected chi connectivity index (χ1v) is 17.3. The Hall–Kier alpha value is -3.44. The number of thiophene rings is 1. The van der Waals surface area contributed by atoms with Crippen LogP contribution in [0.2, 0.25) is 0 Å². The number of carbonyl (C=O) groups is 1. The van der Waals surface area contributed by atoms with Crippen molar-refractivity contribution in [3.05, 3.63) is 109 Å². The molecular formula is C41H47IrN2O2S-. The van der Waals surface area contributed by atoms with Crippen LogP contribution in [0.15, 0.2) is 96.9 Å². The van der Waals surface area contributed by atoms with Crippen LogP contribution in [0.25, 0.3) is 43.2 Å².